The summed E-state index contributed by atoms with van der Waals surface area (Å²) in [7, 11) is 0. The maximum atomic E-state index is 4.80. The van der Waals surface area contributed by atoms with Crippen molar-refractivity contribution in [2.75, 3.05) is 45.8 Å². The zero-order chi connectivity index (χ0) is 19.3. The Kier molecular flexibility index (Phi) is 10.2. The van der Waals surface area contributed by atoms with E-state index in [-0.39, 0.29) is 0 Å². The van der Waals surface area contributed by atoms with Gasteiger partial charge in [-0.05, 0) is 44.8 Å². The Morgan fingerprint density at radius 2 is 1.85 bits per heavy atom. The van der Waals surface area contributed by atoms with Crippen LogP contribution in [0.1, 0.15) is 45.6 Å². The number of rotatable bonds is 10. The molecule has 5 heteroatoms. The minimum absolute atomic E-state index is 0.521. The fraction of sp³-hybridized carbons (Fsp3) is 0.682. The Morgan fingerprint density at radius 3 is 2.48 bits per heavy atom. The number of hydrogen-bond acceptors (Lipinski definition) is 3. The van der Waals surface area contributed by atoms with Crippen molar-refractivity contribution in [2.45, 2.75) is 52.6 Å². The van der Waals surface area contributed by atoms with Crippen LogP contribution < -0.4 is 10.6 Å². The van der Waals surface area contributed by atoms with Gasteiger partial charge in [0.1, 0.15) is 0 Å². The predicted octanol–water partition coefficient (Wildman–Crippen LogP) is 2.94. The van der Waals surface area contributed by atoms with Crippen molar-refractivity contribution in [1.29, 1.82) is 0 Å². The number of aliphatic imine (C=N–C) groups is 1. The fourth-order valence-corrected chi connectivity index (χ4v) is 3.64. The summed E-state index contributed by atoms with van der Waals surface area (Å²) in [5.74, 6) is 0.978. The van der Waals surface area contributed by atoms with Gasteiger partial charge in [-0.2, -0.15) is 0 Å². The average molecular weight is 374 g/mol. The first-order valence-electron chi connectivity index (χ1n) is 10.8. The molecule has 1 aliphatic heterocycles. The largest absolute Gasteiger partial charge is 0.357 e. The van der Waals surface area contributed by atoms with Crippen molar-refractivity contribution >= 4 is 5.96 Å². The van der Waals surface area contributed by atoms with Gasteiger partial charge in [-0.25, -0.2) is 0 Å². The lowest BCUT2D eigenvalue weighted by Crippen LogP contribution is -2.48. The Hall–Kier alpha value is -1.59. The van der Waals surface area contributed by atoms with Crippen LogP contribution >= 0.6 is 0 Å². The molecule has 0 atom stereocenters. The highest BCUT2D eigenvalue weighted by atomic mass is 15.2. The van der Waals surface area contributed by atoms with Crippen molar-refractivity contribution in [3.63, 3.8) is 0 Å². The molecular formula is C22H39N5. The molecule has 0 spiro atoms. The maximum Gasteiger partial charge on any atom is 0.191 e. The van der Waals surface area contributed by atoms with E-state index in [2.05, 4.69) is 71.5 Å². The predicted molar refractivity (Wildman–Crippen MR) is 116 cm³/mol. The monoisotopic (exact) mass is 373 g/mol. The van der Waals surface area contributed by atoms with Crippen LogP contribution in [0.15, 0.2) is 35.3 Å². The molecule has 27 heavy (non-hydrogen) atoms. The van der Waals surface area contributed by atoms with E-state index in [4.69, 9.17) is 4.99 Å². The molecule has 152 valence electrons. The van der Waals surface area contributed by atoms with Gasteiger partial charge < -0.3 is 15.5 Å². The van der Waals surface area contributed by atoms with E-state index in [0.29, 0.717) is 6.04 Å². The Bertz CT molecular complexity index is 523. The summed E-state index contributed by atoms with van der Waals surface area (Å²) in [6.07, 6.45) is 3.56. The van der Waals surface area contributed by atoms with Crippen LogP contribution in [0.2, 0.25) is 0 Å². The van der Waals surface area contributed by atoms with Crippen LogP contribution in [0.3, 0.4) is 0 Å². The van der Waals surface area contributed by atoms with Gasteiger partial charge in [-0.1, -0.05) is 44.2 Å². The highest BCUT2D eigenvalue weighted by molar-refractivity contribution is 5.80. The highest BCUT2D eigenvalue weighted by Crippen LogP contribution is 2.13. The van der Waals surface area contributed by atoms with E-state index in [1.807, 2.05) is 0 Å². The van der Waals surface area contributed by atoms with Crippen LogP contribution in [0.4, 0.5) is 0 Å². The van der Waals surface area contributed by atoms with Gasteiger partial charge in [0, 0.05) is 38.8 Å². The lowest BCUT2D eigenvalue weighted by atomic mass is 10.0. The minimum atomic E-state index is 0.521. The fourth-order valence-electron chi connectivity index (χ4n) is 3.64. The zero-order valence-electron chi connectivity index (χ0n) is 17.6. The van der Waals surface area contributed by atoms with Crippen molar-refractivity contribution < 1.29 is 0 Å². The molecule has 1 saturated heterocycles. The van der Waals surface area contributed by atoms with E-state index in [1.165, 1.54) is 24.8 Å². The molecule has 0 saturated carbocycles. The number of nitrogens with one attached hydrogen (secondary N) is 2. The van der Waals surface area contributed by atoms with E-state index in [0.717, 1.165) is 58.3 Å². The number of guanidine groups is 1. The van der Waals surface area contributed by atoms with Gasteiger partial charge in [0.05, 0.1) is 6.54 Å². The third kappa shape index (κ3) is 8.31. The summed E-state index contributed by atoms with van der Waals surface area (Å²) in [6.45, 7) is 15.0. The van der Waals surface area contributed by atoms with Crippen LogP contribution in [0, 0.1) is 0 Å². The van der Waals surface area contributed by atoms with E-state index in [9.17, 15) is 0 Å². The van der Waals surface area contributed by atoms with Crippen LogP contribution in [0.5, 0.6) is 0 Å². The van der Waals surface area contributed by atoms with Crippen molar-refractivity contribution in [3.05, 3.63) is 35.9 Å². The smallest absolute Gasteiger partial charge is 0.191 e. The van der Waals surface area contributed by atoms with Crippen molar-refractivity contribution in [1.82, 2.24) is 20.4 Å². The molecule has 0 aliphatic carbocycles. The second-order valence-corrected chi connectivity index (χ2v) is 7.38. The lowest BCUT2D eigenvalue weighted by Gasteiger charge is -2.33. The molecule has 0 radical (unpaired) electrons. The second kappa shape index (κ2) is 12.7. The van der Waals surface area contributed by atoms with E-state index < -0.39 is 0 Å². The molecule has 2 N–H and O–H groups in total. The van der Waals surface area contributed by atoms with Crippen LogP contribution in [-0.4, -0.2) is 67.6 Å². The molecule has 0 amide bonds. The number of piperidine rings is 1. The second-order valence-electron chi connectivity index (χ2n) is 7.38. The normalized spacial score (nSPS) is 16.7. The summed E-state index contributed by atoms with van der Waals surface area (Å²) < 4.78 is 0. The third-order valence-corrected chi connectivity index (χ3v) is 5.19. The molecule has 1 heterocycles. The quantitative estimate of drug-likeness (QED) is 0.489. The molecule has 0 bridgehead atoms. The lowest BCUT2D eigenvalue weighted by molar-refractivity contribution is 0.198. The summed E-state index contributed by atoms with van der Waals surface area (Å²) in [5, 5.41) is 7.07. The van der Waals surface area contributed by atoms with Gasteiger partial charge in [0.15, 0.2) is 5.96 Å². The average Bonchev–Trinajstić information content (AvgIpc) is 2.69. The summed E-state index contributed by atoms with van der Waals surface area (Å²) >= 11 is 0. The van der Waals surface area contributed by atoms with E-state index in [1.54, 1.807) is 0 Å². The van der Waals surface area contributed by atoms with Crippen molar-refractivity contribution in [3.8, 4) is 0 Å². The molecule has 1 aromatic rings. The number of likely N-dealkylation sites (tertiary alicyclic amines) is 1. The molecule has 1 aromatic carbocycles. The molecule has 0 aromatic heterocycles. The molecule has 2 rings (SSSR count). The number of nitrogens with zero attached hydrogens (tertiary/aromatic N) is 3. The zero-order valence-corrected chi connectivity index (χ0v) is 17.6. The Balaban J connectivity index is 1.75. The number of likely N-dealkylation sites (N-methyl/N-ethyl adjacent to an activating group) is 1. The third-order valence-electron chi connectivity index (χ3n) is 5.19. The summed E-state index contributed by atoms with van der Waals surface area (Å²) in [5.41, 5.74) is 1.41. The first-order valence-corrected chi connectivity index (χ1v) is 10.8. The summed E-state index contributed by atoms with van der Waals surface area (Å²) in [6, 6.07) is 11.3. The van der Waals surface area contributed by atoms with Crippen molar-refractivity contribution in [2.24, 2.45) is 4.99 Å². The Labute approximate surface area is 166 Å². The summed E-state index contributed by atoms with van der Waals surface area (Å²) in [4.78, 5) is 9.83. The molecule has 1 aliphatic rings. The molecule has 5 nitrogen and oxygen atoms in total. The van der Waals surface area contributed by atoms with Gasteiger partial charge in [0.2, 0.25) is 0 Å². The standard InChI is InChI=1S/C22H39N5/c1-4-15-26(6-3)18-14-24-22(23-5-2)25-21-12-16-27(17-13-21)19-20-10-8-7-9-11-20/h7-11,21H,4-6,12-19H2,1-3H3,(H2,23,24,25). The first-order chi connectivity index (χ1) is 13.2. The molecule has 1 fully saturated rings. The highest BCUT2D eigenvalue weighted by Gasteiger charge is 2.20. The van der Waals surface area contributed by atoms with Gasteiger partial charge in [0.25, 0.3) is 0 Å². The SMILES string of the molecule is CCCN(CC)CCN=C(NCC)NC1CCN(Cc2ccccc2)CC1. The van der Waals surface area contributed by atoms with Gasteiger partial charge >= 0.3 is 0 Å². The molecule has 0 unspecified atom stereocenters. The molecular weight excluding hydrogens is 334 g/mol. The van der Waals surface area contributed by atoms with E-state index >= 15 is 0 Å². The maximum absolute atomic E-state index is 4.80. The van der Waals surface area contributed by atoms with Gasteiger partial charge in [-0.3, -0.25) is 9.89 Å². The Morgan fingerprint density at radius 1 is 1.11 bits per heavy atom. The number of hydrogen-bond donors (Lipinski definition) is 2. The van der Waals surface area contributed by atoms with Crippen LogP contribution in [0.25, 0.3) is 0 Å². The first kappa shape index (κ1) is 21.7. The van der Waals surface area contributed by atoms with Gasteiger partial charge in [-0.15, -0.1) is 0 Å². The van der Waals surface area contributed by atoms with Crippen LogP contribution in [-0.2, 0) is 6.54 Å². The number of benzene rings is 1. The topological polar surface area (TPSA) is 42.9 Å². The minimum Gasteiger partial charge on any atom is -0.357 e.